The second kappa shape index (κ2) is 17.5. The molecule has 0 aliphatic rings. The van der Waals surface area contributed by atoms with Crippen LogP contribution in [0.2, 0.25) is 0 Å². The van der Waals surface area contributed by atoms with Gasteiger partial charge in [0.05, 0.1) is 18.8 Å². The monoisotopic (exact) mass is 406 g/mol. The number of carbonyl (C=O) groups is 1. The molecule has 4 heteroatoms. The van der Waals surface area contributed by atoms with Gasteiger partial charge in [0.2, 0.25) is 0 Å². The van der Waals surface area contributed by atoms with Crippen LogP contribution in [0.15, 0.2) is 30.3 Å². The predicted molar refractivity (Wildman–Crippen MR) is 119 cm³/mol. The van der Waals surface area contributed by atoms with Crippen molar-refractivity contribution >= 4 is 5.97 Å². The minimum absolute atomic E-state index is 0.0686. The quantitative estimate of drug-likeness (QED) is 0.257. The number of carboxylic acid groups (broad SMARTS) is 1. The molecule has 0 saturated heterocycles. The van der Waals surface area contributed by atoms with Gasteiger partial charge in [0.15, 0.2) is 0 Å². The summed E-state index contributed by atoms with van der Waals surface area (Å²) in [5.41, 5.74) is 1.16. The summed E-state index contributed by atoms with van der Waals surface area (Å²) in [4.78, 5) is 10.5. The first kappa shape index (κ1) is 25.6. The van der Waals surface area contributed by atoms with E-state index < -0.39 is 5.97 Å². The van der Waals surface area contributed by atoms with E-state index in [1.54, 1.807) is 0 Å². The molecule has 2 atom stereocenters. The molecule has 0 aromatic heterocycles. The van der Waals surface area contributed by atoms with Crippen LogP contribution in [0.4, 0.5) is 0 Å². The minimum Gasteiger partial charge on any atom is -0.481 e. The van der Waals surface area contributed by atoms with Crippen LogP contribution < -0.4 is 0 Å². The lowest BCUT2D eigenvalue weighted by Gasteiger charge is -2.23. The number of rotatable bonds is 19. The standard InChI is InChI=1S/C25H42O4/c1-2-3-19-24(29-21-22-16-12-11-13-17-22)23(26)18-14-9-7-5-4-6-8-10-15-20-25(27)28/h11-13,16-17,23-24,26H,2-10,14-15,18-21H2,1H3,(H,27,28). The summed E-state index contributed by atoms with van der Waals surface area (Å²) >= 11 is 0. The van der Waals surface area contributed by atoms with Gasteiger partial charge >= 0.3 is 5.97 Å². The second-order valence-corrected chi connectivity index (χ2v) is 8.16. The third-order valence-corrected chi connectivity index (χ3v) is 5.47. The van der Waals surface area contributed by atoms with Crippen LogP contribution in [0.5, 0.6) is 0 Å². The first-order chi connectivity index (χ1) is 14.1. The maximum Gasteiger partial charge on any atom is 0.303 e. The van der Waals surface area contributed by atoms with Crippen LogP contribution >= 0.6 is 0 Å². The Balaban J connectivity index is 2.09. The van der Waals surface area contributed by atoms with Gasteiger partial charge in [-0.25, -0.2) is 0 Å². The summed E-state index contributed by atoms with van der Waals surface area (Å²) in [6.45, 7) is 2.74. The van der Waals surface area contributed by atoms with Gasteiger partial charge in [0, 0.05) is 6.42 Å². The SMILES string of the molecule is CCCCC(OCc1ccccc1)C(O)CCCCCCCCCCCC(=O)O. The number of unbranched alkanes of at least 4 members (excludes halogenated alkanes) is 9. The van der Waals surface area contributed by atoms with Gasteiger partial charge in [-0.2, -0.15) is 0 Å². The number of aliphatic hydroxyl groups is 1. The number of carboxylic acids is 1. The molecular formula is C25H42O4. The molecule has 29 heavy (non-hydrogen) atoms. The number of aliphatic carboxylic acids is 1. The van der Waals surface area contributed by atoms with Gasteiger partial charge in [-0.05, 0) is 24.8 Å². The molecule has 1 aromatic rings. The summed E-state index contributed by atoms with van der Waals surface area (Å²) in [6.07, 6.45) is 13.9. The van der Waals surface area contributed by atoms with Gasteiger partial charge in [-0.15, -0.1) is 0 Å². The molecule has 1 aromatic carbocycles. The Kier molecular flexibility index (Phi) is 15.4. The van der Waals surface area contributed by atoms with Crippen molar-refractivity contribution < 1.29 is 19.7 Å². The number of benzene rings is 1. The molecule has 4 nitrogen and oxygen atoms in total. The smallest absolute Gasteiger partial charge is 0.303 e. The first-order valence-corrected chi connectivity index (χ1v) is 11.7. The highest BCUT2D eigenvalue weighted by atomic mass is 16.5. The number of hydrogen-bond acceptors (Lipinski definition) is 3. The molecule has 0 aliphatic heterocycles. The van der Waals surface area contributed by atoms with Crippen molar-refractivity contribution in [2.45, 2.75) is 116 Å². The Morgan fingerprint density at radius 2 is 1.45 bits per heavy atom. The summed E-state index contributed by atoms with van der Waals surface area (Å²) in [5.74, 6) is -0.686. The number of hydrogen-bond donors (Lipinski definition) is 2. The Labute approximate surface area is 177 Å². The van der Waals surface area contributed by atoms with Crippen LogP contribution in [0.3, 0.4) is 0 Å². The molecule has 0 amide bonds. The molecule has 0 fully saturated rings. The van der Waals surface area contributed by atoms with E-state index in [2.05, 4.69) is 19.1 Å². The molecular weight excluding hydrogens is 364 g/mol. The van der Waals surface area contributed by atoms with Gasteiger partial charge in [0.1, 0.15) is 0 Å². The minimum atomic E-state index is -0.686. The van der Waals surface area contributed by atoms with Crippen molar-refractivity contribution in [3.63, 3.8) is 0 Å². The van der Waals surface area contributed by atoms with E-state index in [4.69, 9.17) is 9.84 Å². The van der Waals surface area contributed by atoms with Gasteiger partial charge < -0.3 is 14.9 Å². The molecule has 0 bridgehead atoms. The molecule has 2 N–H and O–H groups in total. The third kappa shape index (κ3) is 14.3. The molecule has 166 valence electrons. The molecule has 0 aliphatic carbocycles. The maximum absolute atomic E-state index is 10.6. The van der Waals surface area contributed by atoms with E-state index in [9.17, 15) is 9.90 Å². The normalized spacial score (nSPS) is 13.3. The Morgan fingerprint density at radius 3 is 2.03 bits per heavy atom. The topological polar surface area (TPSA) is 66.8 Å². The van der Waals surface area contributed by atoms with Gasteiger partial charge in [-0.3, -0.25) is 4.79 Å². The fraction of sp³-hybridized carbons (Fsp3) is 0.720. The lowest BCUT2D eigenvalue weighted by molar-refractivity contribution is -0.137. The Bertz CT molecular complexity index is 503. The average Bonchev–Trinajstić information content (AvgIpc) is 2.72. The molecule has 0 heterocycles. The van der Waals surface area contributed by atoms with Crippen LogP contribution in [0.25, 0.3) is 0 Å². The van der Waals surface area contributed by atoms with Crippen molar-refractivity contribution in [2.24, 2.45) is 0 Å². The highest BCUT2D eigenvalue weighted by Gasteiger charge is 2.19. The van der Waals surface area contributed by atoms with Crippen molar-refractivity contribution in [1.29, 1.82) is 0 Å². The van der Waals surface area contributed by atoms with Crippen molar-refractivity contribution in [3.8, 4) is 0 Å². The molecule has 2 unspecified atom stereocenters. The van der Waals surface area contributed by atoms with Crippen molar-refractivity contribution in [1.82, 2.24) is 0 Å². The lowest BCUT2D eigenvalue weighted by Crippen LogP contribution is -2.29. The predicted octanol–water partition coefficient (Wildman–Crippen LogP) is 6.50. The summed E-state index contributed by atoms with van der Waals surface area (Å²) in [6, 6.07) is 10.2. The lowest BCUT2D eigenvalue weighted by atomic mass is 10.00. The van der Waals surface area contributed by atoms with Gasteiger partial charge in [0.25, 0.3) is 0 Å². The molecule has 0 radical (unpaired) electrons. The number of ether oxygens (including phenoxy) is 1. The fourth-order valence-corrected chi connectivity index (χ4v) is 3.62. The van der Waals surface area contributed by atoms with E-state index in [1.807, 2.05) is 18.2 Å². The van der Waals surface area contributed by atoms with E-state index in [0.29, 0.717) is 13.0 Å². The van der Waals surface area contributed by atoms with Crippen LogP contribution in [-0.4, -0.2) is 28.4 Å². The summed E-state index contributed by atoms with van der Waals surface area (Å²) < 4.78 is 6.06. The molecule has 0 spiro atoms. The van der Waals surface area contributed by atoms with E-state index in [0.717, 1.165) is 63.4 Å². The van der Waals surface area contributed by atoms with Crippen molar-refractivity contribution in [2.75, 3.05) is 0 Å². The third-order valence-electron chi connectivity index (χ3n) is 5.47. The summed E-state index contributed by atoms with van der Waals surface area (Å²) in [7, 11) is 0. The van der Waals surface area contributed by atoms with Crippen LogP contribution in [0, 0.1) is 0 Å². The van der Waals surface area contributed by atoms with Crippen molar-refractivity contribution in [3.05, 3.63) is 35.9 Å². The Morgan fingerprint density at radius 1 is 0.862 bits per heavy atom. The largest absolute Gasteiger partial charge is 0.481 e. The second-order valence-electron chi connectivity index (χ2n) is 8.16. The Hall–Kier alpha value is -1.39. The van der Waals surface area contributed by atoms with E-state index in [1.165, 1.54) is 25.7 Å². The highest BCUT2D eigenvalue weighted by Crippen LogP contribution is 2.18. The zero-order chi connectivity index (χ0) is 21.2. The van der Waals surface area contributed by atoms with Crippen LogP contribution in [0.1, 0.15) is 102 Å². The molecule has 1 rings (SSSR count). The average molecular weight is 407 g/mol. The fourth-order valence-electron chi connectivity index (χ4n) is 3.62. The van der Waals surface area contributed by atoms with E-state index >= 15 is 0 Å². The zero-order valence-electron chi connectivity index (χ0n) is 18.4. The maximum atomic E-state index is 10.6. The molecule has 0 saturated carbocycles. The van der Waals surface area contributed by atoms with Crippen LogP contribution in [-0.2, 0) is 16.1 Å². The van der Waals surface area contributed by atoms with E-state index in [-0.39, 0.29) is 12.2 Å². The zero-order valence-corrected chi connectivity index (χ0v) is 18.4. The summed E-state index contributed by atoms with van der Waals surface area (Å²) in [5, 5.41) is 19.2. The highest BCUT2D eigenvalue weighted by molar-refractivity contribution is 5.66. The first-order valence-electron chi connectivity index (χ1n) is 11.7. The van der Waals surface area contributed by atoms with Gasteiger partial charge in [-0.1, -0.05) is 101 Å². The number of aliphatic hydroxyl groups excluding tert-OH is 1.